The highest BCUT2D eigenvalue weighted by atomic mass is 16.1. The largest absolute Gasteiger partial charge is 0.357 e. The Kier molecular flexibility index (Phi) is 9.11. The van der Waals surface area contributed by atoms with Crippen LogP contribution in [0.1, 0.15) is 45.6 Å². The lowest BCUT2D eigenvalue weighted by Gasteiger charge is -2.32. The van der Waals surface area contributed by atoms with Gasteiger partial charge in [-0.05, 0) is 56.8 Å². The first-order chi connectivity index (χ1) is 13.1. The maximum Gasteiger partial charge on any atom is 0.221 e. The first-order valence-electron chi connectivity index (χ1n) is 10.2. The molecule has 1 aromatic rings. The molecule has 0 atom stereocenters. The molecule has 0 spiro atoms. The van der Waals surface area contributed by atoms with Crippen molar-refractivity contribution in [3.05, 3.63) is 29.8 Å². The van der Waals surface area contributed by atoms with Crippen LogP contribution in [0.2, 0.25) is 0 Å². The van der Waals surface area contributed by atoms with Crippen LogP contribution in [0.15, 0.2) is 29.3 Å². The molecule has 1 aliphatic heterocycles. The lowest BCUT2D eigenvalue weighted by molar-refractivity contribution is -0.114. The summed E-state index contributed by atoms with van der Waals surface area (Å²) in [5, 5.41) is 9.75. The summed E-state index contributed by atoms with van der Waals surface area (Å²) < 4.78 is 0. The predicted octanol–water partition coefficient (Wildman–Crippen LogP) is 2.62. The van der Waals surface area contributed by atoms with Crippen LogP contribution in [0.3, 0.4) is 0 Å². The number of likely N-dealkylation sites (tertiary alicyclic amines) is 1. The van der Waals surface area contributed by atoms with E-state index in [9.17, 15) is 4.79 Å². The normalized spacial score (nSPS) is 16.2. The summed E-state index contributed by atoms with van der Waals surface area (Å²) in [6.07, 6.45) is 4.46. The van der Waals surface area contributed by atoms with E-state index in [0.29, 0.717) is 6.04 Å². The quantitative estimate of drug-likeness (QED) is 0.484. The van der Waals surface area contributed by atoms with Gasteiger partial charge in [0, 0.05) is 44.8 Å². The number of rotatable bonds is 8. The summed E-state index contributed by atoms with van der Waals surface area (Å²) in [7, 11) is 0. The molecule has 2 rings (SSSR count). The Morgan fingerprint density at radius 1 is 1.19 bits per heavy atom. The molecule has 0 aliphatic carbocycles. The lowest BCUT2D eigenvalue weighted by atomic mass is 10.1. The molecule has 1 fully saturated rings. The number of anilines is 1. The third kappa shape index (κ3) is 7.99. The summed E-state index contributed by atoms with van der Waals surface area (Å²) in [4.78, 5) is 18.4. The monoisotopic (exact) mass is 373 g/mol. The van der Waals surface area contributed by atoms with Gasteiger partial charge in [0.1, 0.15) is 0 Å². The zero-order valence-electron chi connectivity index (χ0n) is 17.1. The number of nitrogens with one attached hydrogen (secondary N) is 3. The topological polar surface area (TPSA) is 68.8 Å². The average molecular weight is 374 g/mol. The number of carbonyl (C=O) groups excluding carboxylic acids is 1. The van der Waals surface area contributed by atoms with E-state index in [1.807, 2.05) is 24.3 Å². The molecule has 0 radical (unpaired) electrons. The van der Waals surface area contributed by atoms with Crippen LogP contribution >= 0.6 is 0 Å². The summed E-state index contributed by atoms with van der Waals surface area (Å²) in [5.74, 6) is 0.871. The van der Waals surface area contributed by atoms with Crippen molar-refractivity contribution in [2.75, 3.05) is 38.0 Å². The van der Waals surface area contributed by atoms with E-state index in [1.54, 1.807) is 0 Å². The molecule has 1 aliphatic rings. The Hall–Kier alpha value is -2.08. The third-order valence-corrected chi connectivity index (χ3v) is 4.76. The number of benzene rings is 1. The molecule has 0 unspecified atom stereocenters. The van der Waals surface area contributed by atoms with Gasteiger partial charge in [-0.25, -0.2) is 0 Å². The maximum atomic E-state index is 11.1. The van der Waals surface area contributed by atoms with Gasteiger partial charge in [-0.1, -0.05) is 19.1 Å². The second-order valence-electron chi connectivity index (χ2n) is 7.15. The Labute approximate surface area is 163 Å². The highest BCUT2D eigenvalue weighted by molar-refractivity contribution is 5.88. The molecule has 27 heavy (non-hydrogen) atoms. The van der Waals surface area contributed by atoms with E-state index in [4.69, 9.17) is 4.99 Å². The number of carbonyl (C=O) groups is 1. The first kappa shape index (κ1) is 21.2. The Bertz CT molecular complexity index is 591. The van der Waals surface area contributed by atoms with Gasteiger partial charge in [0.15, 0.2) is 5.96 Å². The van der Waals surface area contributed by atoms with Gasteiger partial charge in [0.05, 0.1) is 0 Å². The van der Waals surface area contributed by atoms with Gasteiger partial charge in [-0.3, -0.25) is 9.79 Å². The van der Waals surface area contributed by atoms with Crippen molar-refractivity contribution >= 4 is 17.6 Å². The SMILES string of the molecule is CCCN1CCC(NC(=NCCc2ccc(NC(C)=O)cc2)NCC)CC1. The third-order valence-electron chi connectivity index (χ3n) is 4.76. The second kappa shape index (κ2) is 11.6. The van der Waals surface area contributed by atoms with Crippen molar-refractivity contribution in [2.24, 2.45) is 4.99 Å². The van der Waals surface area contributed by atoms with Crippen molar-refractivity contribution < 1.29 is 4.79 Å². The maximum absolute atomic E-state index is 11.1. The van der Waals surface area contributed by atoms with Gasteiger partial charge < -0.3 is 20.9 Å². The minimum Gasteiger partial charge on any atom is -0.357 e. The number of hydrogen-bond donors (Lipinski definition) is 3. The zero-order valence-corrected chi connectivity index (χ0v) is 17.1. The van der Waals surface area contributed by atoms with Crippen LogP contribution in [0.25, 0.3) is 0 Å². The number of hydrogen-bond acceptors (Lipinski definition) is 3. The molecule has 0 bridgehead atoms. The van der Waals surface area contributed by atoms with Gasteiger partial charge in [0.25, 0.3) is 0 Å². The summed E-state index contributed by atoms with van der Waals surface area (Å²) in [6.45, 7) is 11.0. The van der Waals surface area contributed by atoms with Crippen LogP contribution in [-0.2, 0) is 11.2 Å². The summed E-state index contributed by atoms with van der Waals surface area (Å²) in [5.41, 5.74) is 2.05. The fraction of sp³-hybridized carbons (Fsp3) is 0.619. The average Bonchev–Trinajstić information content (AvgIpc) is 2.65. The first-order valence-corrected chi connectivity index (χ1v) is 10.2. The molecule has 3 N–H and O–H groups in total. The molecular weight excluding hydrogens is 338 g/mol. The van der Waals surface area contributed by atoms with Crippen LogP contribution in [-0.4, -0.2) is 55.5 Å². The van der Waals surface area contributed by atoms with Gasteiger partial charge in [-0.2, -0.15) is 0 Å². The number of guanidine groups is 1. The Morgan fingerprint density at radius 2 is 1.89 bits per heavy atom. The molecule has 6 nitrogen and oxygen atoms in total. The van der Waals surface area contributed by atoms with Crippen molar-refractivity contribution in [3.63, 3.8) is 0 Å². The minimum absolute atomic E-state index is 0.0470. The van der Waals surface area contributed by atoms with Crippen molar-refractivity contribution in [3.8, 4) is 0 Å². The van der Waals surface area contributed by atoms with Gasteiger partial charge >= 0.3 is 0 Å². The van der Waals surface area contributed by atoms with Crippen molar-refractivity contribution in [1.29, 1.82) is 0 Å². The van der Waals surface area contributed by atoms with E-state index in [-0.39, 0.29) is 5.91 Å². The fourth-order valence-corrected chi connectivity index (χ4v) is 3.39. The highest BCUT2D eigenvalue weighted by Gasteiger charge is 2.19. The molecule has 0 aromatic heterocycles. The molecule has 150 valence electrons. The molecule has 1 amide bonds. The second-order valence-corrected chi connectivity index (χ2v) is 7.15. The van der Waals surface area contributed by atoms with Gasteiger partial charge in [0.2, 0.25) is 5.91 Å². The smallest absolute Gasteiger partial charge is 0.221 e. The van der Waals surface area contributed by atoms with Crippen LogP contribution < -0.4 is 16.0 Å². The molecule has 1 heterocycles. The molecule has 0 saturated carbocycles. The fourth-order valence-electron chi connectivity index (χ4n) is 3.39. The van der Waals surface area contributed by atoms with E-state index in [0.717, 1.165) is 31.2 Å². The predicted molar refractivity (Wildman–Crippen MR) is 113 cm³/mol. The number of aliphatic imine (C=N–C) groups is 1. The van der Waals surface area contributed by atoms with E-state index < -0.39 is 0 Å². The molecule has 6 heteroatoms. The van der Waals surface area contributed by atoms with Gasteiger partial charge in [-0.15, -0.1) is 0 Å². The van der Waals surface area contributed by atoms with E-state index in [2.05, 4.69) is 34.7 Å². The molecular formula is C21H35N5O. The van der Waals surface area contributed by atoms with E-state index in [1.165, 1.54) is 51.4 Å². The van der Waals surface area contributed by atoms with Crippen LogP contribution in [0.4, 0.5) is 5.69 Å². The summed E-state index contributed by atoms with van der Waals surface area (Å²) in [6, 6.07) is 8.48. The number of piperidine rings is 1. The van der Waals surface area contributed by atoms with Crippen LogP contribution in [0, 0.1) is 0 Å². The Balaban J connectivity index is 1.80. The standard InChI is InChI=1S/C21H35N5O/c1-4-14-26-15-11-20(12-16-26)25-21(22-5-2)23-13-10-18-6-8-19(9-7-18)24-17(3)27/h6-9,20H,4-5,10-16H2,1-3H3,(H,24,27)(H2,22,23,25). The van der Waals surface area contributed by atoms with Crippen LogP contribution in [0.5, 0.6) is 0 Å². The number of amides is 1. The lowest BCUT2D eigenvalue weighted by Crippen LogP contribution is -2.48. The number of nitrogens with zero attached hydrogens (tertiary/aromatic N) is 2. The highest BCUT2D eigenvalue weighted by Crippen LogP contribution is 2.11. The Morgan fingerprint density at radius 3 is 2.48 bits per heavy atom. The zero-order chi connectivity index (χ0) is 19.5. The summed E-state index contributed by atoms with van der Waals surface area (Å²) >= 11 is 0. The molecule has 1 aromatic carbocycles. The van der Waals surface area contributed by atoms with E-state index >= 15 is 0 Å². The molecule has 1 saturated heterocycles. The minimum atomic E-state index is -0.0470. The van der Waals surface area contributed by atoms with Crippen molar-refractivity contribution in [2.45, 2.75) is 52.5 Å². The van der Waals surface area contributed by atoms with Crippen molar-refractivity contribution in [1.82, 2.24) is 15.5 Å².